The molecule has 25 heavy (non-hydrogen) atoms. The van der Waals surface area contributed by atoms with Gasteiger partial charge in [-0.25, -0.2) is 13.1 Å². The smallest absolute Gasteiger partial charge is 0.240 e. The molecule has 132 valence electrons. The number of nitrogens with one attached hydrogen (secondary N) is 2. The summed E-state index contributed by atoms with van der Waals surface area (Å²) in [4.78, 5) is 0.205. The first kappa shape index (κ1) is 18.8. The van der Waals surface area contributed by atoms with E-state index in [1.165, 1.54) is 19.2 Å². The van der Waals surface area contributed by atoms with Crippen LogP contribution in [0.15, 0.2) is 29.2 Å². The van der Waals surface area contributed by atoms with Crippen LogP contribution in [0.4, 0.5) is 5.82 Å². The summed E-state index contributed by atoms with van der Waals surface area (Å²) in [5.41, 5.74) is 3.14. The molecule has 0 fully saturated rings. The van der Waals surface area contributed by atoms with Crippen LogP contribution in [0.25, 0.3) is 0 Å². The van der Waals surface area contributed by atoms with Gasteiger partial charge >= 0.3 is 0 Å². The van der Waals surface area contributed by atoms with Crippen molar-refractivity contribution in [1.82, 2.24) is 14.9 Å². The number of nitriles is 1. The molecule has 0 aliphatic carbocycles. The highest BCUT2D eigenvalue weighted by Crippen LogP contribution is 2.20. The number of nitrogens with zero attached hydrogens (tertiary/aromatic N) is 3. The van der Waals surface area contributed by atoms with Crippen LogP contribution >= 0.6 is 0 Å². The SMILES string of the molecule is CCc1nnc(NCc2ccc(S(=O)(=O)NC)cc2)c(C#N)c1CC. The van der Waals surface area contributed by atoms with Gasteiger partial charge in [-0.3, -0.25) is 0 Å². The van der Waals surface area contributed by atoms with Gasteiger partial charge in [0, 0.05) is 6.54 Å². The molecule has 2 N–H and O–H groups in total. The molecule has 0 radical (unpaired) electrons. The van der Waals surface area contributed by atoms with E-state index in [1.54, 1.807) is 12.1 Å². The second-order valence-corrected chi connectivity index (χ2v) is 7.26. The van der Waals surface area contributed by atoms with E-state index in [-0.39, 0.29) is 4.90 Å². The van der Waals surface area contributed by atoms with Crippen LogP contribution in [-0.2, 0) is 29.4 Å². The van der Waals surface area contributed by atoms with E-state index < -0.39 is 10.0 Å². The van der Waals surface area contributed by atoms with Crippen LogP contribution in [0, 0.1) is 11.3 Å². The molecule has 2 rings (SSSR count). The summed E-state index contributed by atoms with van der Waals surface area (Å²) < 4.78 is 25.7. The fourth-order valence-electron chi connectivity index (χ4n) is 2.51. The highest BCUT2D eigenvalue weighted by molar-refractivity contribution is 7.89. The summed E-state index contributed by atoms with van der Waals surface area (Å²) >= 11 is 0. The van der Waals surface area contributed by atoms with E-state index in [2.05, 4.69) is 26.3 Å². The zero-order chi connectivity index (χ0) is 18.4. The fraction of sp³-hybridized carbons (Fsp3) is 0.353. The first-order valence-corrected chi connectivity index (χ1v) is 9.50. The molecule has 0 saturated heterocycles. The van der Waals surface area contributed by atoms with Crippen LogP contribution in [0.2, 0.25) is 0 Å². The molecular weight excluding hydrogens is 338 g/mol. The number of hydrogen-bond acceptors (Lipinski definition) is 6. The molecule has 8 heteroatoms. The van der Waals surface area contributed by atoms with Gasteiger partial charge < -0.3 is 5.32 Å². The Morgan fingerprint density at radius 2 is 1.80 bits per heavy atom. The van der Waals surface area contributed by atoms with Gasteiger partial charge in [0.05, 0.1) is 10.6 Å². The van der Waals surface area contributed by atoms with Gasteiger partial charge in [-0.2, -0.15) is 10.4 Å². The van der Waals surface area contributed by atoms with E-state index in [4.69, 9.17) is 0 Å². The van der Waals surface area contributed by atoms with Gasteiger partial charge in [0.2, 0.25) is 10.0 Å². The molecule has 1 aromatic heterocycles. The maximum absolute atomic E-state index is 11.7. The average Bonchev–Trinajstić information content (AvgIpc) is 2.65. The molecule has 2 aromatic rings. The monoisotopic (exact) mass is 359 g/mol. The van der Waals surface area contributed by atoms with Crippen LogP contribution in [0.1, 0.15) is 36.2 Å². The number of sulfonamides is 1. The van der Waals surface area contributed by atoms with E-state index in [1.807, 2.05) is 13.8 Å². The largest absolute Gasteiger partial charge is 0.363 e. The Kier molecular flexibility index (Phi) is 6.07. The number of rotatable bonds is 7. The second kappa shape index (κ2) is 8.05. The molecular formula is C17H21N5O2S. The van der Waals surface area contributed by atoms with Crippen molar-refractivity contribution < 1.29 is 8.42 Å². The Morgan fingerprint density at radius 3 is 2.32 bits per heavy atom. The highest BCUT2D eigenvalue weighted by atomic mass is 32.2. The molecule has 0 amide bonds. The number of aromatic nitrogens is 2. The van der Waals surface area contributed by atoms with E-state index >= 15 is 0 Å². The lowest BCUT2D eigenvalue weighted by atomic mass is 10.0. The molecule has 7 nitrogen and oxygen atoms in total. The summed E-state index contributed by atoms with van der Waals surface area (Å²) in [6, 6.07) is 8.73. The summed E-state index contributed by atoms with van der Waals surface area (Å²) in [5.74, 6) is 0.448. The number of anilines is 1. The van der Waals surface area contributed by atoms with Gasteiger partial charge in [0.15, 0.2) is 5.82 Å². The molecule has 0 atom stereocenters. The topological polar surface area (TPSA) is 108 Å². The minimum Gasteiger partial charge on any atom is -0.363 e. The van der Waals surface area contributed by atoms with E-state index in [0.29, 0.717) is 24.3 Å². The van der Waals surface area contributed by atoms with Crippen molar-refractivity contribution in [2.45, 2.75) is 38.1 Å². The maximum atomic E-state index is 11.7. The standard InChI is InChI=1S/C17H21N5O2S/c1-4-14-15(10-18)17(22-21-16(14)5-2)20-11-12-6-8-13(9-7-12)25(23,24)19-3/h6-9,19H,4-5,11H2,1-3H3,(H,20,22). The molecule has 1 heterocycles. The van der Waals surface area contributed by atoms with Crippen molar-refractivity contribution in [2.24, 2.45) is 0 Å². The van der Waals surface area contributed by atoms with Crippen LogP contribution in [-0.4, -0.2) is 25.7 Å². The molecule has 0 bridgehead atoms. The molecule has 0 aliphatic rings. The zero-order valence-corrected chi connectivity index (χ0v) is 15.3. The maximum Gasteiger partial charge on any atom is 0.240 e. The van der Waals surface area contributed by atoms with Crippen LogP contribution in [0.5, 0.6) is 0 Å². The lowest BCUT2D eigenvalue weighted by molar-refractivity contribution is 0.588. The second-order valence-electron chi connectivity index (χ2n) is 5.37. The normalized spacial score (nSPS) is 11.1. The number of aryl methyl sites for hydroxylation is 1. The Balaban J connectivity index is 2.21. The van der Waals surface area contributed by atoms with Gasteiger partial charge in [-0.15, -0.1) is 5.10 Å². The third kappa shape index (κ3) is 4.13. The Labute approximate surface area is 148 Å². The predicted molar refractivity (Wildman–Crippen MR) is 95.5 cm³/mol. The Morgan fingerprint density at radius 1 is 1.12 bits per heavy atom. The van der Waals surface area contributed by atoms with Gasteiger partial charge in [-0.1, -0.05) is 26.0 Å². The third-order valence-electron chi connectivity index (χ3n) is 3.92. The highest BCUT2D eigenvalue weighted by Gasteiger charge is 2.14. The Bertz CT molecular complexity index is 886. The molecule has 0 unspecified atom stereocenters. The first-order chi connectivity index (χ1) is 12.0. The lowest BCUT2D eigenvalue weighted by Crippen LogP contribution is -2.18. The first-order valence-electron chi connectivity index (χ1n) is 8.01. The molecule has 0 spiro atoms. The summed E-state index contributed by atoms with van der Waals surface area (Å²) in [6.45, 7) is 4.39. The minimum atomic E-state index is -3.45. The summed E-state index contributed by atoms with van der Waals surface area (Å²) in [7, 11) is -2.07. The van der Waals surface area contributed by atoms with Crippen molar-refractivity contribution in [3.63, 3.8) is 0 Å². The quantitative estimate of drug-likeness (QED) is 0.783. The molecule has 1 aromatic carbocycles. The van der Waals surface area contributed by atoms with E-state index in [9.17, 15) is 13.7 Å². The van der Waals surface area contributed by atoms with E-state index in [0.717, 1.165) is 23.2 Å². The molecule has 0 aliphatic heterocycles. The summed E-state index contributed by atoms with van der Waals surface area (Å²) in [6.07, 6.45) is 1.44. The fourth-order valence-corrected chi connectivity index (χ4v) is 3.24. The lowest BCUT2D eigenvalue weighted by Gasteiger charge is -2.12. The van der Waals surface area contributed by atoms with Crippen LogP contribution in [0.3, 0.4) is 0 Å². The minimum absolute atomic E-state index is 0.205. The zero-order valence-electron chi connectivity index (χ0n) is 14.5. The average molecular weight is 359 g/mol. The molecule has 0 saturated carbocycles. The van der Waals surface area contributed by atoms with Crippen LogP contribution < -0.4 is 10.0 Å². The number of benzene rings is 1. The van der Waals surface area contributed by atoms with Gasteiger partial charge in [-0.05, 0) is 43.1 Å². The van der Waals surface area contributed by atoms with Crippen molar-refractivity contribution in [3.8, 4) is 6.07 Å². The van der Waals surface area contributed by atoms with Crippen molar-refractivity contribution in [2.75, 3.05) is 12.4 Å². The van der Waals surface area contributed by atoms with Crippen molar-refractivity contribution in [3.05, 3.63) is 46.6 Å². The Hall–Kier alpha value is -2.50. The van der Waals surface area contributed by atoms with Gasteiger partial charge in [0.25, 0.3) is 0 Å². The number of hydrogen-bond donors (Lipinski definition) is 2. The van der Waals surface area contributed by atoms with Gasteiger partial charge in [0.1, 0.15) is 11.6 Å². The van der Waals surface area contributed by atoms with Crippen molar-refractivity contribution in [1.29, 1.82) is 5.26 Å². The summed E-state index contributed by atoms with van der Waals surface area (Å²) in [5, 5.41) is 20.9. The predicted octanol–water partition coefficient (Wildman–Crippen LogP) is 1.99. The van der Waals surface area contributed by atoms with Crippen molar-refractivity contribution >= 4 is 15.8 Å². The third-order valence-corrected chi connectivity index (χ3v) is 5.35.